The smallest absolute Gasteiger partial charge is 0.307 e. The molecule has 1 aliphatic carbocycles. The third-order valence-electron chi connectivity index (χ3n) is 4.60. The van der Waals surface area contributed by atoms with Gasteiger partial charge < -0.3 is 4.74 Å². The number of hydrogen-bond donors (Lipinski definition) is 0. The fourth-order valence-corrected chi connectivity index (χ4v) is 3.83. The molecule has 1 aliphatic heterocycles. The average Bonchev–Trinajstić information content (AvgIpc) is 2.86. The van der Waals surface area contributed by atoms with E-state index >= 15 is 0 Å². The molecule has 0 N–H and O–H groups in total. The second-order valence-corrected chi connectivity index (χ2v) is 6.27. The third kappa shape index (κ3) is 2.50. The highest BCUT2D eigenvalue weighted by molar-refractivity contribution is 6.30. The number of nitrogens with zero attached hydrogens (tertiary/aromatic N) is 1. The van der Waals surface area contributed by atoms with Crippen LogP contribution >= 0.6 is 11.6 Å². The van der Waals surface area contributed by atoms with Gasteiger partial charge in [-0.05, 0) is 43.4 Å². The zero-order valence-electron chi connectivity index (χ0n) is 11.5. The maximum Gasteiger partial charge on any atom is 0.307 e. The molecule has 1 saturated heterocycles. The summed E-state index contributed by atoms with van der Waals surface area (Å²) in [6.45, 7) is 0. The Hall–Kier alpha value is -1.62. The number of ether oxygens (including phenoxy) is 1. The van der Waals surface area contributed by atoms with E-state index in [1.807, 2.05) is 0 Å². The summed E-state index contributed by atoms with van der Waals surface area (Å²) in [5.74, 6) is -0.786. The lowest BCUT2D eigenvalue weighted by molar-refractivity contribution is -0.552. The van der Waals surface area contributed by atoms with Gasteiger partial charge in [0.15, 0.2) is 5.60 Å². The van der Waals surface area contributed by atoms with Crippen LogP contribution in [0.2, 0.25) is 5.02 Å². The van der Waals surface area contributed by atoms with E-state index in [-0.39, 0.29) is 17.3 Å². The summed E-state index contributed by atoms with van der Waals surface area (Å²) >= 11 is 5.87. The van der Waals surface area contributed by atoms with Crippen molar-refractivity contribution in [3.63, 3.8) is 0 Å². The summed E-state index contributed by atoms with van der Waals surface area (Å²) in [5, 5.41) is 12.2. The first-order valence-corrected chi connectivity index (χ1v) is 7.50. The number of halogens is 1. The van der Waals surface area contributed by atoms with Gasteiger partial charge in [0.1, 0.15) is 0 Å². The van der Waals surface area contributed by atoms with Crippen molar-refractivity contribution < 1.29 is 14.5 Å². The van der Waals surface area contributed by atoms with E-state index in [0.717, 1.165) is 18.4 Å². The van der Waals surface area contributed by atoms with Crippen LogP contribution in [0.15, 0.2) is 24.3 Å². The molecule has 0 aromatic heterocycles. The number of nitro groups is 1. The van der Waals surface area contributed by atoms with E-state index in [1.54, 1.807) is 24.3 Å². The molecule has 2 aliphatic rings. The summed E-state index contributed by atoms with van der Waals surface area (Å²) in [4.78, 5) is 23.4. The third-order valence-corrected chi connectivity index (χ3v) is 4.85. The number of hydrogen-bond acceptors (Lipinski definition) is 4. The minimum absolute atomic E-state index is 0.0506. The van der Waals surface area contributed by atoms with Crippen LogP contribution in [0.5, 0.6) is 0 Å². The molecule has 0 radical (unpaired) electrons. The zero-order valence-corrected chi connectivity index (χ0v) is 12.2. The Morgan fingerprint density at radius 1 is 1.24 bits per heavy atom. The van der Waals surface area contributed by atoms with Gasteiger partial charge in [-0.25, -0.2) is 0 Å². The van der Waals surface area contributed by atoms with Gasteiger partial charge in [0, 0.05) is 9.95 Å². The van der Waals surface area contributed by atoms with Crippen LogP contribution in [0.3, 0.4) is 0 Å². The number of carbonyl (C=O) groups is 1. The summed E-state index contributed by atoms with van der Waals surface area (Å²) in [6.07, 6.45) is 2.94. The van der Waals surface area contributed by atoms with Crippen LogP contribution < -0.4 is 0 Å². The Morgan fingerprint density at radius 3 is 2.43 bits per heavy atom. The Balaban J connectivity index is 2.02. The van der Waals surface area contributed by atoms with Crippen molar-refractivity contribution in [2.24, 2.45) is 0 Å². The van der Waals surface area contributed by atoms with Crippen LogP contribution in [0.4, 0.5) is 0 Å². The quantitative estimate of drug-likeness (QED) is 0.477. The largest absolute Gasteiger partial charge is 0.452 e. The van der Waals surface area contributed by atoms with Crippen molar-refractivity contribution in [3.8, 4) is 0 Å². The second kappa shape index (κ2) is 5.30. The molecular formula is C15H16ClNO4. The van der Waals surface area contributed by atoms with Crippen LogP contribution in [0.25, 0.3) is 0 Å². The molecule has 112 valence electrons. The van der Waals surface area contributed by atoms with Crippen LogP contribution in [-0.4, -0.2) is 22.5 Å². The molecule has 1 heterocycles. The summed E-state index contributed by atoms with van der Waals surface area (Å²) in [6, 6.07) is 6.07. The maximum absolute atomic E-state index is 12.0. The van der Waals surface area contributed by atoms with Crippen LogP contribution in [0.1, 0.15) is 43.6 Å². The van der Waals surface area contributed by atoms with Crippen molar-refractivity contribution in [1.29, 1.82) is 0 Å². The van der Waals surface area contributed by atoms with Crippen molar-refractivity contribution in [2.45, 2.75) is 49.7 Å². The molecular weight excluding hydrogens is 294 g/mol. The lowest BCUT2D eigenvalue weighted by Crippen LogP contribution is -2.55. The molecule has 1 aromatic carbocycles. The molecule has 5 nitrogen and oxygen atoms in total. The lowest BCUT2D eigenvalue weighted by atomic mass is 9.76. The van der Waals surface area contributed by atoms with E-state index in [9.17, 15) is 14.9 Å². The maximum atomic E-state index is 12.0. The minimum atomic E-state index is -0.927. The first-order valence-electron chi connectivity index (χ1n) is 7.13. The van der Waals surface area contributed by atoms with Gasteiger partial charge in [-0.1, -0.05) is 23.7 Å². The molecule has 21 heavy (non-hydrogen) atoms. The van der Waals surface area contributed by atoms with Gasteiger partial charge in [0.05, 0.1) is 12.3 Å². The first-order chi connectivity index (χ1) is 10.0. The number of esters is 1. The van der Waals surface area contributed by atoms with Crippen molar-refractivity contribution >= 4 is 17.6 Å². The highest BCUT2D eigenvalue weighted by Crippen LogP contribution is 2.47. The highest BCUT2D eigenvalue weighted by atomic mass is 35.5. The molecule has 0 bridgehead atoms. The average molecular weight is 310 g/mol. The van der Waals surface area contributed by atoms with Crippen molar-refractivity contribution in [1.82, 2.24) is 0 Å². The number of rotatable bonds is 2. The van der Waals surface area contributed by atoms with Gasteiger partial charge in [0.2, 0.25) is 0 Å². The Bertz CT molecular complexity index is 566. The van der Waals surface area contributed by atoms with E-state index in [4.69, 9.17) is 16.3 Å². The molecule has 2 fully saturated rings. The van der Waals surface area contributed by atoms with E-state index < -0.39 is 17.6 Å². The molecule has 2 atom stereocenters. The first kappa shape index (κ1) is 14.3. The Kier molecular flexibility index (Phi) is 3.61. The highest BCUT2D eigenvalue weighted by Gasteiger charge is 2.59. The Morgan fingerprint density at radius 2 is 1.86 bits per heavy atom. The number of carbonyl (C=O) groups excluding carboxylic acids is 1. The minimum Gasteiger partial charge on any atom is -0.452 e. The lowest BCUT2D eigenvalue weighted by Gasteiger charge is -2.39. The summed E-state index contributed by atoms with van der Waals surface area (Å²) in [7, 11) is 0. The van der Waals surface area contributed by atoms with Gasteiger partial charge in [-0.15, -0.1) is 0 Å². The van der Waals surface area contributed by atoms with E-state index in [2.05, 4.69) is 0 Å². The molecule has 1 saturated carbocycles. The van der Waals surface area contributed by atoms with E-state index in [0.29, 0.717) is 17.9 Å². The fraction of sp³-hybridized carbons (Fsp3) is 0.533. The molecule has 1 spiro atoms. The molecule has 3 rings (SSSR count). The SMILES string of the molecule is O=C1C[C@@H](c2ccc(Cl)cc2)[C@@H]([N+](=O)[O-])C2(CCCC2)O1. The zero-order chi connectivity index (χ0) is 15.0. The van der Waals surface area contributed by atoms with Crippen molar-refractivity contribution in [3.05, 3.63) is 45.0 Å². The summed E-state index contributed by atoms with van der Waals surface area (Å²) in [5.41, 5.74) is -0.146. The standard InChI is InChI=1S/C15H16ClNO4/c16-11-5-3-10(4-6-11)12-9-13(18)21-15(7-1-2-8-15)14(12)17(19)20/h3-6,12,14H,1-2,7-9H2/t12-,14+/m0/s1. The van der Waals surface area contributed by atoms with E-state index in [1.165, 1.54) is 0 Å². The predicted molar refractivity (Wildman–Crippen MR) is 76.9 cm³/mol. The second-order valence-electron chi connectivity index (χ2n) is 5.84. The van der Waals surface area contributed by atoms with Gasteiger partial charge in [-0.2, -0.15) is 0 Å². The van der Waals surface area contributed by atoms with Gasteiger partial charge in [0.25, 0.3) is 6.04 Å². The molecule has 6 heteroatoms. The Labute approximate surface area is 127 Å². The monoisotopic (exact) mass is 309 g/mol. The molecule has 0 amide bonds. The van der Waals surface area contributed by atoms with Gasteiger partial charge in [-0.3, -0.25) is 14.9 Å². The topological polar surface area (TPSA) is 69.4 Å². The number of benzene rings is 1. The summed E-state index contributed by atoms with van der Waals surface area (Å²) < 4.78 is 5.48. The molecule has 0 unspecified atom stereocenters. The normalized spacial score (nSPS) is 27.6. The molecule has 1 aromatic rings. The predicted octanol–water partition coefficient (Wildman–Crippen LogP) is 3.33. The fourth-order valence-electron chi connectivity index (χ4n) is 3.71. The van der Waals surface area contributed by atoms with Gasteiger partial charge >= 0.3 is 5.97 Å². The van der Waals surface area contributed by atoms with Crippen LogP contribution in [0, 0.1) is 10.1 Å². The van der Waals surface area contributed by atoms with Crippen molar-refractivity contribution in [2.75, 3.05) is 0 Å². The van der Waals surface area contributed by atoms with Crippen LogP contribution in [-0.2, 0) is 9.53 Å².